The topological polar surface area (TPSA) is 41.1 Å². The summed E-state index contributed by atoms with van der Waals surface area (Å²) in [4.78, 5) is 12.3. The van der Waals surface area contributed by atoms with Gasteiger partial charge in [-0.2, -0.15) is 13.2 Å². The lowest BCUT2D eigenvalue weighted by Gasteiger charge is -2.33. The van der Waals surface area contributed by atoms with Crippen LogP contribution in [0.1, 0.15) is 31.7 Å². The zero-order valence-corrected chi connectivity index (χ0v) is 13.1. The van der Waals surface area contributed by atoms with Gasteiger partial charge < -0.3 is 10.6 Å². The van der Waals surface area contributed by atoms with Crippen LogP contribution in [-0.4, -0.2) is 18.0 Å². The van der Waals surface area contributed by atoms with Gasteiger partial charge in [-0.1, -0.05) is 15.9 Å². The van der Waals surface area contributed by atoms with Crippen molar-refractivity contribution < 1.29 is 18.0 Å². The first-order chi connectivity index (χ1) is 9.71. The van der Waals surface area contributed by atoms with Crippen LogP contribution >= 0.6 is 15.9 Å². The Bertz CT molecular complexity index is 540. The van der Waals surface area contributed by atoms with E-state index in [2.05, 4.69) is 26.6 Å². The number of hydrogen-bond donors (Lipinski definition) is 2. The molecule has 1 unspecified atom stereocenters. The van der Waals surface area contributed by atoms with Crippen molar-refractivity contribution >= 4 is 27.5 Å². The Kier molecular flexibility index (Phi) is 4.63. The molecule has 116 valence electrons. The zero-order valence-electron chi connectivity index (χ0n) is 11.5. The molecule has 0 radical (unpaired) electrons. The van der Waals surface area contributed by atoms with Gasteiger partial charge in [0.15, 0.2) is 0 Å². The molecular formula is C14H16BrF3N2O. The van der Waals surface area contributed by atoms with Crippen molar-refractivity contribution in [2.75, 3.05) is 11.9 Å². The molecule has 0 bridgehead atoms. The van der Waals surface area contributed by atoms with E-state index in [9.17, 15) is 18.0 Å². The van der Waals surface area contributed by atoms with E-state index >= 15 is 0 Å². The summed E-state index contributed by atoms with van der Waals surface area (Å²) in [5, 5.41) is 5.70. The van der Waals surface area contributed by atoms with E-state index in [0.717, 1.165) is 31.5 Å². The number of halogens is 4. The van der Waals surface area contributed by atoms with E-state index in [-0.39, 0.29) is 16.1 Å². The Labute approximate surface area is 129 Å². The third kappa shape index (κ3) is 3.97. The highest BCUT2D eigenvalue weighted by Gasteiger charge is 2.35. The summed E-state index contributed by atoms with van der Waals surface area (Å²) in [6, 6.07) is 3.38. The number of rotatable bonds is 2. The number of hydrogen-bond acceptors (Lipinski definition) is 2. The normalized spacial score (nSPS) is 22.9. The van der Waals surface area contributed by atoms with Crippen molar-refractivity contribution in [1.82, 2.24) is 5.32 Å². The van der Waals surface area contributed by atoms with Crippen molar-refractivity contribution in [3.05, 3.63) is 28.2 Å². The molecule has 1 aliphatic rings. The molecule has 1 saturated heterocycles. The molecule has 2 N–H and O–H groups in total. The van der Waals surface area contributed by atoms with E-state index in [1.807, 2.05) is 0 Å². The minimum Gasteiger partial charge on any atom is -0.324 e. The van der Waals surface area contributed by atoms with E-state index in [0.29, 0.717) is 6.42 Å². The molecule has 0 aliphatic carbocycles. The third-order valence-electron chi connectivity index (χ3n) is 3.60. The van der Waals surface area contributed by atoms with Crippen LogP contribution in [0, 0.1) is 0 Å². The number of piperidine rings is 1. The highest BCUT2D eigenvalue weighted by molar-refractivity contribution is 9.10. The van der Waals surface area contributed by atoms with Crippen LogP contribution < -0.4 is 10.6 Å². The summed E-state index contributed by atoms with van der Waals surface area (Å²) in [6.45, 7) is 2.50. The number of carbonyl (C=O) groups is 1. The van der Waals surface area contributed by atoms with Gasteiger partial charge in [0.05, 0.1) is 11.1 Å². The molecule has 1 aliphatic heterocycles. The minimum absolute atomic E-state index is 0.135. The summed E-state index contributed by atoms with van der Waals surface area (Å²) in [5.41, 5.74) is -1.40. The molecule has 7 heteroatoms. The molecule has 1 heterocycles. The van der Waals surface area contributed by atoms with Crippen LogP contribution in [0.3, 0.4) is 0 Å². The van der Waals surface area contributed by atoms with Crippen LogP contribution in [0.5, 0.6) is 0 Å². The molecule has 0 aromatic heterocycles. The fourth-order valence-electron chi connectivity index (χ4n) is 2.34. The van der Waals surface area contributed by atoms with Crippen molar-refractivity contribution in [2.45, 2.75) is 37.9 Å². The van der Waals surface area contributed by atoms with Crippen molar-refractivity contribution in [3.8, 4) is 0 Å². The Morgan fingerprint density at radius 3 is 2.62 bits per heavy atom. The predicted molar refractivity (Wildman–Crippen MR) is 78.0 cm³/mol. The maximum atomic E-state index is 12.8. The van der Waals surface area contributed by atoms with Crippen LogP contribution in [0.25, 0.3) is 0 Å². The molecule has 2 rings (SSSR count). The largest absolute Gasteiger partial charge is 0.416 e. The Morgan fingerprint density at radius 2 is 2.05 bits per heavy atom. The van der Waals surface area contributed by atoms with Gasteiger partial charge in [-0.15, -0.1) is 0 Å². The first-order valence-corrected chi connectivity index (χ1v) is 7.44. The first-order valence-electron chi connectivity index (χ1n) is 6.65. The third-order valence-corrected chi connectivity index (χ3v) is 4.06. The summed E-state index contributed by atoms with van der Waals surface area (Å²) < 4.78 is 38.6. The van der Waals surface area contributed by atoms with Gasteiger partial charge in [0.25, 0.3) is 0 Å². The number of benzene rings is 1. The van der Waals surface area contributed by atoms with Crippen molar-refractivity contribution in [1.29, 1.82) is 0 Å². The molecule has 3 nitrogen and oxygen atoms in total. The summed E-state index contributed by atoms with van der Waals surface area (Å²) in [5.74, 6) is -0.312. The number of alkyl halides is 3. The van der Waals surface area contributed by atoms with Crippen molar-refractivity contribution in [3.63, 3.8) is 0 Å². The highest BCUT2D eigenvalue weighted by atomic mass is 79.9. The second-order valence-electron chi connectivity index (χ2n) is 5.40. The lowest BCUT2D eigenvalue weighted by Crippen LogP contribution is -2.54. The number of nitrogens with one attached hydrogen (secondary N) is 2. The number of anilines is 1. The van der Waals surface area contributed by atoms with Crippen molar-refractivity contribution in [2.24, 2.45) is 0 Å². The van der Waals surface area contributed by atoms with Crippen LogP contribution in [0.2, 0.25) is 0 Å². The average Bonchev–Trinajstić information content (AvgIpc) is 2.37. The molecule has 1 aromatic carbocycles. The highest BCUT2D eigenvalue weighted by Crippen LogP contribution is 2.33. The second kappa shape index (κ2) is 5.96. The monoisotopic (exact) mass is 364 g/mol. The molecule has 1 fully saturated rings. The lowest BCUT2D eigenvalue weighted by atomic mass is 9.90. The summed E-state index contributed by atoms with van der Waals surface area (Å²) in [6.07, 6.45) is -1.86. The fraction of sp³-hybridized carbons (Fsp3) is 0.500. The van der Waals surface area contributed by atoms with Crippen LogP contribution in [0.15, 0.2) is 22.7 Å². The van der Waals surface area contributed by atoms with Crippen LogP contribution in [-0.2, 0) is 11.0 Å². The lowest BCUT2D eigenvalue weighted by molar-refractivity contribution is -0.137. The summed E-state index contributed by atoms with van der Waals surface area (Å²) >= 11 is 3.04. The smallest absolute Gasteiger partial charge is 0.324 e. The molecule has 1 amide bonds. The SMILES string of the molecule is CC1(C(=O)Nc2cc(Br)cc(C(F)(F)F)c2)CCCCN1. The van der Waals surface area contributed by atoms with Gasteiger partial charge in [-0.05, 0) is 50.9 Å². The van der Waals surface area contributed by atoms with Gasteiger partial charge in [0.2, 0.25) is 5.91 Å². The van der Waals surface area contributed by atoms with Gasteiger partial charge in [-0.25, -0.2) is 0 Å². The van der Waals surface area contributed by atoms with E-state index in [1.54, 1.807) is 6.92 Å². The summed E-state index contributed by atoms with van der Waals surface area (Å²) in [7, 11) is 0. The van der Waals surface area contributed by atoms with Gasteiger partial charge in [-0.3, -0.25) is 4.79 Å². The number of carbonyl (C=O) groups excluding carboxylic acids is 1. The van der Waals surface area contributed by atoms with E-state index in [4.69, 9.17) is 0 Å². The fourth-order valence-corrected chi connectivity index (χ4v) is 2.84. The molecule has 0 spiro atoms. The molecule has 0 saturated carbocycles. The van der Waals surface area contributed by atoms with Gasteiger partial charge >= 0.3 is 6.18 Å². The Hall–Kier alpha value is -1.08. The Morgan fingerprint density at radius 1 is 1.33 bits per heavy atom. The minimum atomic E-state index is -4.45. The van der Waals surface area contributed by atoms with E-state index in [1.165, 1.54) is 6.07 Å². The second-order valence-corrected chi connectivity index (χ2v) is 6.31. The predicted octanol–water partition coefficient (Wildman–Crippen LogP) is 3.94. The quantitative estimate of drug-likeness (QED) is 0.834. The van der Waals surface area contributed by atoms with Gasteiger partial charge in [0, 0.05) is 10.2 Å². The molecule has 21 heavy (non-hydrogen) atoms. The standard InChI is InChI=1S/C14H16BrF3N2O/c1-13(4-2-3-5-19-13)12(21)20-11-7-9(14(16,17)18)6-10(15)8-11/h6-8,19H,2-5H2,1H3,(H,20,21). The maximum absolute atomic E-state index is 12.8. The first kappa shape index (κ1) is 16.3. The zero-order chi connectivity index (χ0) is 15.7. The average molecular weight is 365 g/mol. The maximum Gasteiger partial charge on any atom is 0.416 e. The van der Waals surface area contributed by atoms with Gasteiger partial charge in [0.1, 0.15) is 0 Å². The Balaban J connectivity index is 2.19. The molecule has 1 atom stereocenters. The number of amides is 1. The molecular weight excluding hydrogens is 349 g/mol. The van der Waals surface area contributed by atoms with E-state index < -0.39 is 17.3 Å². The molecule has 1 aromatic rings. The van der Waals surface area contributed by atoms with Crippen LogP contribution in [0.4, 0.5) is 18.9 Å².